The second-order valence-electron chi connectivity index (χ2n) is 10.1. The maximum Gasteiger partial charge on any atom is 0.251 e. The van der Waals surface area contributed by atoms with Crippen LogP contribution in [0.5, 0.6) is 0 Å². The number of hydrogen-bond acceptors (Lipinski definition) is 3. The molecule has 4 nitrogen and oxygen atoms in total. The highest BCUT2D eigenvalue weighted by molar-refractivity contribution is 5.94. The van der Waals surface area contributed by atoms with Crippen LogP contribution in [0, 0.1) is 11.8 Å². The average molecular weight is 434 g/mol. The van der Waals surface area contributed by atoms with Gasteiger partial charge in [-0.05, 0) is 86.0 Å². The summed E-state index contributed by atoms with van der Waals surface area (Å²) in [5.74, 6) is 1.66. The lowest BCUT2D eigenvalue weighted by molar-refractivity contribution is 0.0951. The van der Waals surface area contributed by atoms with E-state index in [1.807, 2.05) is 12.1 Å². The van der Waals surface area contributed by atoms with Gasteiger partial charge in [-0.1, -0.05) is 50.2 Å². The largest absolute Gasteiger partial charge is 0.348 e. The van der Waals surface area contributed by atoms with Crippen LogP contribution in [0.3, 0.4) is 0 Å². The highest BCUT2D eigenvalue weighted by atomic mass is 16.1. The minimum Gasteiger partial charge on any atom is -0.348 e. The predicted octanol–water partition coefficient (Wildman–Crippen LogP) is 5.08. The summed E-state index contributed by atoms with van der Waals surface area (Å²) in [5.41, 5.74) is 4.52. The summed E-state index contributed by atoms with van der Waals surface area (Å²) in [6.07, 6.45) is 5.25. The first-order chi connectivity index (χ1) is 15.5. The maximum absolute atomic E-state index is 12.6. The fourth-order valence-corrected chi connectivity index (χ4v) is 4.98. The standard InChI is InChI=1S/C28H39N3O/c1-22-13-16-30(17-14-22)20-26-9-11-27(12-10-26)28(32)29-18-24-5-7-25(8-6-24)21-31-15-3-4-23(2)19-31/h5-12,22-23H,3-4,13-21H2,1-2H3,(H,29,32). The summed E-state index contributed by atoms with van der Waals surface area (Å²) < 4.78 is 0. The van der Waals surface area contributed by atoms with Gasteiger partial charge in [-0.2, -0.15) is 0 Å². The van der Waals surface area contributed by atoms with Crippen LogP contribution >= 0.6 is 0 Å². The van der Waals surface area contributed by atoms with Crippen LogP contribution in [0.1, 0.15) is 66.6 Å². The van der Waals surface area contributed by atoms with E-state index in [-0.39, 0.29) is 5.91 Å². The van der Waals surface area contributed by atoms with Gasteiger partial charge in [-0.25, -0.2) is 0 Å². The van der Waals surface area contributed by atoms with Crippen molar-refractivity contribution in [2.75, 3.05) is 26.2 Å². The Morgan fingerprint density at radius 1 is 0.781 bits per heavy atom. The highest BCUT2D eigenvalue weighted by Crippen LogP contribution is 2.19. The number of likely N-dealkylation sites (tertiary alicyclic amines) is 2. The number of carbonyl (C=O) groups excluding carboxylic acids is 1. The molecule has 0 spiro atoms. The van der Waals surface area contributed by atoms with Crippen molar-refractivity contribution in [3.8, 4) is 0 Å². The Kier molecular flexibility index (Phi) is 7.99. The number of carbonyl (C=O) groups is 1. The number of benzene rings is 2. The zero-order chi connectivity index (χ0) is 22.3. The molecule has 2 fully saturated rings. The topological polar surface area (TPSA) is 35.6 Å². The van der Waals surface area contributed by atoms with Gasteiger partial charge in [0.2, 0.25) is 0 Å². The average Bonchev–Trinajstić information content (AvgIpc) is 2.80. The number of nitrogens with zero attached hydrogens (tertiary/aromatic N) is 2. The van der Waals surface area contributed by atoms with E-state index in [1.165, 1.54) is 63.0 Å². The number of hydrogen-bond donors (Lipinski definition) is 1. The third-order valence-electron chi connectivity index (χ3n) is 7.12. The summed E-state index contributed by atoms with van der Waals surface area (Å²) in [7, 11) is 0. The van der Waals surface area contributed by atoms with Gasteiger partial charge in [0.15, 0.2) is 0 Å². The second kappa shape index (κ2) is 11.1. The smallest absolute Gasteiger partial charge is 0.251 e. The molecule has 1 atom stereocenters. The van der Waals surface area contributed by atoms with Crippen LogP contribution in [0.4, 0.5) is 0 Å². The molecule has 1 unspecified atom stereocenters. The van der Waals surface area contributed by atoms with Gasteiger partial charge in [0, 0.05) is 31.7 Å². The summed E-state index contributed by atoms with van der Waals surface area (Å²) >= 11 is 0. The Morgan fingerprint density at radius 2 is 1.38 bits per heavy atom. The third-order valence-corrected chi connectivity index (χ3v) is 7.12. The van der Waals surface area contributed by atoms with Gasteiger partial charge in [0.05, 0.1) is 0 Å². The number of nitrogens with one attached hydrogen (secondary N) is 1. The summed E-state index contributed by atoms with van der Waals surface area (Å²) in [5, 5.41) is 3.07. The summed E-state index contributed by atoms with van der Waals surface area (Å²) in [6, 6.07) is 16.8. The lowest BCUT2D eigenvalue weighted by Crippen LogP contribution is -2.33. The number of rotatable bonds is 7. The van der Waals surface area contributed by atoms with Crippen LogP contribution in [-0.2, 0) is 19.6 Å². The summed E-state index contributed by atoms with van der Waals surface area (Å²) in [4.78, 5) is 17.7. The van der Waals surface area contributed by atoms with Gasteiger partial charge in [-0.15, -0.1) is 0 Å². The predicted molar refractivity (Wildman–Crippen MR) is 131 cm³/mol. The van der Waals surface area contributed by atoms with E-state index in [2.05, 4.69) is 65.4 Å². The van der Waals surface area contributed by atoms with Gasteiger partial charge in [-0.3, -0.25) is 14.6 Å². The van der Waals surface area contributed by atoms with Gasteiger partial charge in [0.25, 0.3) is 5.91 Å². The van der Waals surface area contributed by atoms with Crippen LogP contribution in [-0.4, -0.2) is 41.9 Å². The first-order valence-corrected chi connectivity index (χ1v) is 12.4. The quantitative estimate of drug-likeness (QED) is 0.661. The molecule has 2 saturated heterocycles. The molecule has 0 radical (unpaired) electrons. The molecular weight excluding hydrogens is 394 g/mol. The molecule has 0 bridgehead atoms. The number of piperidine rings is 2. The molecule has 2 heterocycles. The highest BCUT2D eigenvalue weighted by Gasteiger charge is 2.17. The third kappa shape index (κ3) is 6.66. The molecule has 2 aliphatic rings. The fraction of sp³-hybridized carbons (Fsp3) is 0.536. The van der Waals surface area contributed by atoms with Crippen molar-refractivity contribution in [3.05, 3.63) is 70.8 Å². The second-order valence-corrected chi connectivity index (χ2v) is 10.1. The Labute approximate surface area is 194 Å². The minimum atomic E-state index is -0.00488. The molecule has 1 N–H and O–H groups in total. The van der Waals surface area contributed by atoms with Gasteiger partial charge >= 0.3 is 0 Å². The molecule has 1 amide bonds. The van der Waals surface area contributed by atoms with Crippen molar-refractivity contribution >= 4 is 5.91 Å². The van der Waals surface area contributed by atoms with Crippen molar-refractivity contribution in [2.24, 2.45) is 11.8 Å². The van der Waals surface area contributed by atoms with Crippen molar-refractivity contribution in [2.45, 2.75) is 59.2 Å². The molecule has 2 aromatic rings. The SMILES string of the molecule is CC1CCN(Cc2ccc(C(=O)NCc3ccc(CN4CCCC(C)C4)cc3)cc2)CC1. The van der Waals surface area contributed by atoms with Crippen LogP contribution in [0.25, 0.3) is 0 Å². The van der Waals surface area contributed by atoms with Crippen molar-refractivity contribution in [1.82, 2.24) is 15.1 Å². The molecule has 4 heteroatoms. The van der Waals surface area contributed by atoms with Gasteiger partial charge < -0.3 is 5.32 Å². The molecule has 4 rings (SSSR count). The van der Waals surface area contributed by atoms with Crippen molar-refractivity contribution in [3.63, 3.8) is 0 Å². The Balaban J connectivity index is 1.22. The van der Waals surface area contributed by atoms with Crippen molar-refractivity contribution < 1.29 is 4.79 Å². The first kappa shape index (κ1) is 23.0. The molecule has 0 saturated carbocycles. The molecule has 2 aliphatic heterocycles. The number of amides is 1. The monoisotopic (exact) mass is 433 g/mol. The van der Waals surface area contributed by atoms with Gasteiger partial charge in [0.1, 0.15) is 0 Å². The molecule has 32 heavy (non-hydrogen) atoms. The molecule has 2 aromatic carbocycles. The van der Waals surface area contributed by atoms with E-state index >= 15 is 0 Å². The zero-order valence-corrected chi connectivity index (χ0v) is 19.9. The Hall–Kier alpha value is -2.17. The fourth-order valence-electron chi connectivity index (χ4n) is 4.98. The van der Waals surface area contributed by atoms with Crippen LogP contribution in [0.2, 0.25) is 0 Å². The Bertz CT molecular complexity index is 853. The Morgan fingerprint density at radius 3 is 2.03 bits per heavy atom. The maximum atomic E-state index is 12.6. The lowest BCUT2D eigenvalue weighted by atomic mass is 9.99. The van der Waals surface area contributed by atoms with Crippen LogP contribution < -0.4 is 5.32 Å². The van der Waals surface area contributed by atoms with E-state index in [9.17, 15) is 4.79 Å². The molecular formula is C28H39N3O. The zero-order valence-electron chi connectivity index (χ0n) is 19.9. The normalized spacial score (nSPS) is 20.9. The van der Waals surface area contributed by atoms with E-state index in [1.54, 1.807) is 0 Å². The van der Waals surface area contributed by atoms with E-state index in [0.717, 1.165) is 36.1 Å². The first-order valence-electron chi connectivity index (χ1n) is 12.4. The van der Waals surface area contributed by atoms with Crippen LogP contribution in [0.15, 0.2) is 48.5 Å². The summed E-state index contributed by atoms with van der Waals surface area (Å²) in [6.45, 7) is 12.0. The molecule has 0 aliphatic carbocycles. The van der Waals surface area contributed by atoms with E-state index in [4.69, 9.17) is 0 Å². The minimum absolute atomic E-state index is 0.00488. The molecule has 172 valence electrons. The van der Waals surface area contributed by atoms with E-state index in [0.29, 0.717) is 6.54 Å². The van der Waals surface area contributed by atoms with Crippen molar-refractivity contribution in [1.29, 1.82) is 0 Å². The van der Waals surface area contributed by atoms with E-state index < -0.39 is 0 Å². The molecule has 0 aromatic heterocycles. The lowest BCUT2D eigenvalue weighted by Gasteiger charge is -2.30.